The highest BCUT2D eigenvalue weighted by Gasteiger charge is 2.08. The minimum Gasteiger partial charge on any atom is -0.491 e. The maximum absolute atomic E-state index is 11.4. The van der Waals surface area contributed by atoms with Gasteiger partial charge in [0.2, 0.25) is 5.91 Å². The number of ketones is 1. The van der Waals surface area contributed by atoms with Gasteiger partial charge >= 0.3 is 0 Å². The van der Waals surface area contributed by atoms with E-state index >= 15 is 0 Å². The first-order valence-corrected chi connectivity index (χ1v) is 6.72. The van der Waals surface area contributed by atoms with Crippen LogP contribution in [0.2, 0.25) is 0 Å². The standard InChI is InChI=1S/C15H22N2O3/c1-4-16-15(19)11-17(3)9-10-20-14-8-6-5-7-13(14)12(2)18/h5-8H,4,9-11H2,1-3H3,(H,16,19). The van der Waals surface area contributed by atoms with E-state index in [4.69, 9.17) is 4.74 Å². The molecule has 0 unspecified atom stereocenters. The second kappa shape index (κ2) is 8.32. The van der Waals surface area contributed by atoms with Crippen LogP contribution in [-0.4, -0.2) is 49.9 Å². The lowest BCUT2D eigenvalue weighted by molar-refractivity contribution is -0.121. The summed E-state index contributed by atoms with van der Waals surface area (Å²) in [6.45, 7) is 5.42. The maximum atomic E-state index is 11.4. The first kappa shape index (κ1) is 16.2. The van der Waals surface area contributed by atoms with Crippen LogP contribution in [0.5, 0.6) is 5.75 Å². The summed E-state index contributed by atoms with van der Waals surface area (Å²) in [5, 5.41) is 2.74. The van der Waals surface area contributed by atoms with Crippen molar-refractivity contribution in [1.29, 1.82) is 0 Å². The summed E-state index contributed by atoms with van der Waals surface area (Å²) in [5.41, 5.74) is 0.582. The van der Waals surface area contributed by atoms with Crippen LogP contribution < -0.4 is 10.1 Å². The number of amides is 1. The summed E-state index contributed by atoms with van der Waals surface area (Å²) in [4.78, 5) is 24.7. The smallest absolute Gasteiger partial charge is 0.234 e. The monoisotopic (exact) mass is 278 g/mol. The zero-order valence-corrected chi connectivity index (χ0v) is 12.3. The molecule has 0 aliphatic carbocycles. The number of carbonyl (C=O) groups is 2. The number of rotatable bonds is 8. The molecule has 20 heavy (non-hydrogen) atoms. The minimum atomic E-state index is -0.0173. The second-order valence-electron chi connectivity index (χ2n) is 4.59. The van der Waals surface area contributed by atoms with E-state index < -0.39 is 0 Å². The van der Waals surface area contributed by atoms with Crippen molar-refractivity contribution in [3.8, 4) is 5.75 Å². The number of nitrogens with one attached hydrogen (secondary N) is 1. The van der Waals surface area contributed by atoms with Gasteiger partial charge in [0.15, 0.2) is 5.78 Å². The zero-order valence-electron chi connectivity index (χ0n) is 12.3. The lowest BCUT2D eigenvalue weighted by Crippen LogP contribution is -2.36. The third-order valence-corrected chi connectivity index (χ3v) is 2.78. The number of likely N-dealkylation sites (N-methyl/N-ethyl adjacent to an activating group) is 2. The molecule has 0 atom stereocenters. The van der Waals surface area contributed by atoms with Crippen LogP contribution in [0, 0.1) is 0 Å². The number of Topliss-reactive ketones (excluding diaryl/α,β-unsaturated/α-hetero) is 1. The van der Waals surface area contributed by atoms with Crippen LogP contribution in [0.3, 0.4) is 0 Å². The zero-order chi connectivity index (χ0) is 15.0. The van der Waals surface area contributed by atoms with Gasteiger partial charge in [-0.15, -0.1) is 0 Å². The van der Waals surface area contributed by atoms with Gasteiger partial charge in [-0.25, -0.2) is 0 Å². The van der Waals surface area contributed by atoms with Gasteiger partial charge in [-0.3, -0.25) is 14.5 Å². The Morgan fingerprint density at radius 2 is 2.00 bits per heavy atom. The van der Waals surface area contributed by atoms with Crippen LogP contribution in [0.25, 0.3) is 0 Å². The molecule has 1 amide bonds. The number of para-hydroxylation sites is 1. The molecule has 0 aliphatic heterocycles. The fraction of sp³-hybridized carbons (Fsp3) is 0.467. The summed E-state index contributed by atoms with van der Waals surface area (Å²) in [7, 11) is 1.86. The van der Waals surface area contributed by atoms with Gasteiger partial charge < -0.3 is 10.1 Å². The van der Waals surface area contributed by atoms with Crippen molar-refractivity contribution >= 4 is 11.7 Å². The molecule has 0 aromatic heterocycles. The third-order valence-electron chi connectivity index (χ3n) is 2.78. The van der Waals surface area contributed by atoms with Crippen LogP contribution in [-0.2, 0) is 4.79 Å². The number of nitrogens with zero attached hydrogens (tertiary/aromatic N) is 1. The molecule has 1 rings (SSSR count). The first-order chi connectivity index (χ1) is 9.54. The predicted molar refractivity (Wildman–Crippen MR) is 78.1 cm³/mol. The van der Waals surface area contributed by atoms with E-state index in [0.29, 0.717) is 37.6 Å². The molecule has 0 aliphatic rings. The molecule has 0 saturated carbocycles. The highest BCUT2D eigenvalue weighted by Crippen LogP contribution is 2.18. The Bertz CT molecular complexity index is 460. The Balaban J connectivity index is 2.41. The fourth-order valence-electron chi connectivity index (χ4n) is 1.77. The van der Waals surface area contributed by atoms with Gasteiger partial charge in [-0.1, -0.05) is 12.1 Å². The molecule has 1 aromatic rings. The summed E-state index contributed by atoms with van der Waals surface area (Å²) in [6, 6.07) is 7.17. The SMILES string of the molecule is CCNC(=O)CN(C)CCOc1ccccc1C(C)=O. The van der Waals surface area contributed by atoms with Crippen molar-refractivity contribution in [1.82, 2.24) is 10.2 Å². The van der Waals surface area contributed by atoms with Crippen molar-refractivity contribution in [3.63, 3.8) is 0 Å². The molecule has 0 fully saturated rings. The van der Waals surface area contributed by atoms with Crippen molar-refractivity contribution < 1.29 is 14.3 Å². The second-order valence-corrected chi connectivity index (χ2v) is 4.59. The Hall–Kier alpha value is -1.88. The van der Waals surface area contributed by atoms with Crippen LogP contribution in [0.4, 0.5) is 0 Å². The van der Waals surface area contributed by atoms with Crippen LogP contribution in [0.15, 0.2) is 24.3 Å². The molecule has 0 heterocycles. The summed E-state index contributed by atoms with van der Waals surface area (Å²) in [6.07, 6.45) is 0. The number of benzene rings is 1. The average molecular weight is 278 g/mol. The lowest BCUT2D eigenvalue weighted by Gasteiger charge is -2.17. The maximum Gasteiger partial charge on any atom is 0.234 e. The van der Waals surface area contributed by atoms with Gasteiger partial charge in [0.1, 0.15) is 12.4 Å². The molecular weight excluding hydrogens is 256 g/mol. The van der Waals surface area contributed by atoms with Gasteiger partial charge in [0.25, 0.3) is 0 Å². The van der Waals surface area contributed by atoms with Gasteiger partial charge in [0, 0.05) is 13.1 Å². The fourth-order valence-corrected chi connectivity index (χ4v) is 1.77. The molecule has 1 N–H and O–H groups in total. The molecule has 0 bridgehead atoms. The Labute approximate surface area is 119 Å². The number of hydrogen-bond donors (Lipinski definition) is 1. The van der Waals surface area contributed by atoms with Crippen LogP contribution in [0.1, 0.15) is 24.2 Å². The number of hydrogen-bond acceptors (Lipinski definition) is 4. The Kier molecular flexibility index (Phi) is 6.73. The molecule has 0 radical (unpaired) electrons. The van der Waals surface area contributed by atoms with E-state index in [0.717, 1.165) is 0 Å². The summed E-state index contributed by atoms with van der Waals surface area (Å²) < 4.78 is 5.62. The summed E-state index contributed by atoms with van der Waals surface area (Å²) >= 11 is 0. The van der Waals surface area contributed by atoms with E-state index in [1.807, 2.05) is 31.0 Å². The van der Waals surface area contributed by atoms with Crippen molar-refractivity contribution in [3.05, 3.63) is 29.8 Å². The molecule has 5 heteroatoms. The van der Waals surface area contributed by atoms with E-state index in [1.165, 1.54) is 6.92 Å². The quantitative estimate of drug-likeness (QED) is 0.729. The molecule has 0 saturated heterocycles. The normalized spacial score (nSPS) is 10.4. The van der Waals surface area contributed by atoms with E-state index in [-0.39, 0.29) is 11.7 Å². The molecular formula is C15H22N2O3. The third kappa shape index (κ3) is 5.40. The van der Waals surface area contributed by atoms with E-state index in [1.54, 1.807) is 12.1 Å². The minimum absolute atomic E-state index is 0.000800. The average Bonchev–Trinajstić information content (AvgIpc) is 2.39. The van der Waals surface area contributed by atoms with E-state index in [2.05, 4.69) is 5.32 Å². The predicted octanol–water partition coefficient (Wildman–Crippen LogP) is 1.34. The van der Waals surface area contributed by atoms with E-state index in [9.17, 15) is 9.59 Å². The molecule has 1 aromatic carbocycles. The Morgan fingerprint density at radius 1 is 1.30 bits per heavy atom. The number of carbonyl (C=O) groups excluding carboxylic acids is 2. The van der Waals surface area contributed by atoms with Crippen LogP contribution >= 0.6 is 0 Å². The van der Waals surface area contributed by atoms with Crippen molar-refractivity contribution in [2.45, 2.75) is 13.8 Å². The Morgan fingerprint density at radius 3 is 2.65 bits per heavy atom. The lowest BCUT2D eigenvalue weighted by atomic mass is 10.1. The van der Waals surface area contributed by atoms with Crippen molar-refractivity contribution in [2.24, 2.45) is 0 Å². The van der Waals surface area contributed by atoms with Gasteiger partial charge in [0.05, 0.1) is 12.1 Å². The molecule has 0 spiro atoms. The largest absolute Gasteiger partial charge is 0.491 e. The van der Waals surface area contributed by atoms with Crippen molar-refractivity contribution in [2.75, 3.05) is 33.3 Å². The topological polar surface area (TPSA) is 58.6 Å². The number of ether oxygens (including phenoxy) is 1. The highest BCUT2D eigenvalue weighted by atomic mass is 16.5. The summed E-state index contributed by atoms with van der Waals surface area (Å²) in [5.74, 6) is 0.571. The first-order valence-electron chi connectivity index (χ1n) is 6.72. The van der Waals surface area contributed by atoms with Gasteiger partial charge in [-0.2, -0.15) is 0 Å². The highest BCUT2D eigenvalue weighted by molar-refractivity contribution is 5.96. The van der Waals surface area contributed by atoms with Gasteiger partial charge in [-0.05, 0) is 33.0 Å². The molecule has 5 nitrogen and oxygen atoms in total. The molecule has 110 valence electrons.